The molecule has 0 bridgehead atoms. The Hall–Kier alpha value is -3.47. The summed E-state index contributed by atoms with van der Waals surface area (Å²) in [6.45, 7) is 7.75. The quantitative estimate of drug-likeness (QED) is 0.216. The van der Waals surface area contributed by atoms with Gasteiger partial charge >= 0.3 is 0 Å². The van der Waals surface area contributed by atoms with Gasteiger partial charge in [0.25, 0.3) is 0 Å². The van der Waals surface area contributed by atoms with Crippen molar-refractivity contribution < 1.29 is 14.3 Å². The zero-order valence-corrected chi connectivity index (χ0v) is 16.8. The number of hydrogen-bond donors (Lipinski definition) is 2. The van der Waals surface area contributed by atoms with E-state index >= 15 is 0 Å². The average molecular weight is 394 g/mol. The Morgan fingerprint density at radius 1 is 1.31 bits per heavy atom. The highest BCUT2D eigenvalue weighted by Crippen LogP contribution is 2.17. The van der Waals surface area contributed by atoms with Crippen molar-refractivity contribution in [2.45, 2.75) is 26.7 Å². The number of allylic oxidation sites excluding steroid dienone is 7. The van der Waals surface area contributed by atoms with Gasteiger partial charge in [0.15, 0.2) is 0 Å². The van der Waals surface area contributed by atoms with Crippen LogP contribution in [0.4, 0.5) is 4.39 Å². The number of aliphatic hydroxyl groups excluding tert-OH is 1. The highest BCUT2D eigenvalue weighted by Gasteiger charge is 2.01. The minimum Gasteiger partial charge on any atom is -0.508 e. The molecule has 0 saturated heterocycles. The normalized spacial score (nSPS) is 13.6. The molecule has 1 amide bonds. The maximum Gasteiger partial charge on any atom is 0.211 e. The number of carbonyl (C=O) groups is 1. The van der Waals surface area contributed by atoms with Crippen LogP contribution in [0, 0.1) is 5.82 Å². The second-order valence-electron chi connectivity index (χ2n) is 6.18. The van der Waals surface area contributed by atoms with Crippen LogP contribution in [0.2, 0.25) is 0 Å². The first-order chi connectivity index (χ1) is 14.0. The molecule has 4 nitrogen and oxygen atoms in total. The molecular weight excluding hydrogens is 367 g/mol. The third-order valence-corrected chi connectivity index (χ3v) is 3.68. The first kappa shape index (κ1) is 23.6. The minimum atomic E-state index is -0.301. The van der Waals surface area contributed by atoms with Gasteiger partial charge < -0.3 is 10.4 Å². The van der Waals surface area contributed by atoms with E-state index in [2.05, 4.69) is 16.9 Å². The summed E-state index contributed by atoms with van der Waals surface area (Å²) < 4.78 is 13.0. The molecule has 29 heavy (non-hydrogen) atoms. The van der Waals surface area contributed by atoms with E-state index in [-0.39, 0.29) is 11.6 Å². The number of rotatable bonds is 11. The van der Waals surface area contributed by atoms with Crippen LogP contribution >= 0.6 is 0 Å². The maximum absolute atomic E-state index is 13.0. The Morgan fingerprint density at radius 2 is 2.03 bits per heavy atom. The summed E-state index contributed by atoms with van der Waals surface area (Å²) in [5, 5.41) is 12.7. The molecule has 152 valence electrons. The van der Waals surface area contributed by atoms with Crippen molar-refractivity contribution in [2.75, 3.05) is 0 Å². The van der Waals surface area contributed by atoms with Gasteiger partial charge in [0.05, 0.1) is 0 Å². The molecule has 0 aliphatic carbocycles. The molecule has 0 heterocycles. The van der Waals surface area contributed by atoms with Gasteiger partial charge in [-0.25, -0.2) is 4.39 Å². The Bertz CT molecular complexity index is 857. The third-order valence-electron chi connectivity index (χ3n) is 3.68. The predicted molar refractivity (Wildman–Crippen MR) is 119 cm³/mol. The fourth-order valence-electron chi connectivity index (χ4n) is 2.19. The van der Waals surface area contributed by atoms with Gasteiger partial charge in [-0.1, -0.05) is 43.9 Å². The molecule has 0 saturated carbocycles. The molecule has 0 aromatic heterocycles. The second-order valence-corrected chi connectivity index (χ2v) is 6.18. The van der Waals surface area contributed by atoms with Crippen LogP contribution in [0.5, 0.6) is 0 Å². The summed E-state index contributed by atoms with van der Waals surface area (Å²) in [5.74, 6) is -0.200. The van der Waals surface area contributed by atoms with Crippen LogP contribution in [0.1, 0.15) is 32.3 Å². The van der Waals surface area contributed by atoms with E-state index in [1.54, 1.807) is 68.1 Å². The molecule has 1 aromatic rings. The first-order valence-corrected chi connectivity index (χ1v) is 9.22. The summed E-state index contributed by atoms with van der Waals surface area (Å²) in [6, 6.07) is 6.07. The number of hydrogen-bond acceptors (Lipinski definition) is 3. The van der Waals surface area contributed by atoms with Crippen molar-refractivity contribution in [2.24, 2.45) is 4.99 Å². The number of aliphatic imine (C=N–C) groups is 1. The molecule has 0 aliphatic heterocycles. The van der Waals surface area contributed by atoms with Gasteiger partial charge in [-0.15, -0.1) is 0 Å². The van der Waals surface area contributed by atoms with Gasteiger partial charge in [0.1, 0.15) is 11.6 Å². The fourth-order valence-corrected chi connectivity index (χ4v) is 2.19. The van der Waals surface area contributed by atoms with Crippen molar-refractivity contribution in [3.63, 3.8) is 0 Å². The van der Waals surface area contributed by atoms with E-state index in [0.29, 0.717) is 24.0 Å². The molecule has 0 aliphatic rings. The first-order valence-electron chi connectivity index (χ1n) is 9.22. The SMILES string of the molecule is C=C(/C=C(O)/C(C)=C/C=C\N=CCC)CC(/C=C\c1ccc(F)cc1)=C/NC=O. The zero-order chi connectivity index (χ0) is 21.5. The Balaban J connectivity index is 2.83. The number of amides is 1. The summed E-state index contributed by atoms with van der Waals surface area (Å²) in [4.78, 5) is 14.7. The van der Waals surface area contributed by atoms with Crippen LogP contribution in [-0.4, -0.2) is 17.7 Å². The summed E-state index contributed by atoms with van der Waals surface area (Å²) in [6.07, 6.45) is 15.5. The van der Waals surface area contributed by atoms with E-state index in [0.717, 1.165) is 17.6 Å². The number of carbonyl (C=O) groups excluding carboxylic acids is 1. The lowest BCUT2D eigenvalue weighted by molar-refractivity contribution is -0.108. The molecule has 5 heteroatoms. The van der Waals surface area contributed by atoms with Gasteiger partial charge in [-0.2, -0.15) is 0 Å². The number of halogens is 1. The van der Waals surface area contributed by atoms with E-state index in [1.807, 2.05) is 6.92 Å². The molecule has 2 N–H and O–H groups in total. The Labute approximate surface area is 171 Å². The standard InChI is InChI=1S/C24H27FN2O2/c1-4-13-26-14-5-6-20(3)24(29)16-19(2)15-22(17-27-18-28)8-7-21-9-11-23(25)12-10-21/h5-14,16-18,29H,2,4,15H2,1,3H3,(H,27,28)/b8-7-,14-5-,20-6+,22-17+,24-16-,26-13?. The van der Waals surface area contributed by atoms with Crippen molar-refractivity contribution in [3.05, 3.63) is 101 Å². The topological polar surface area (TPSA) is 61.7 Å². The van der Waals surface area contributed by atoms with E-state index < -0.39 is 0 Å². The van der Waals surface area contributed by atoms with Gasteiger partial charge in [0, 0.05) is 18.6 Å². The lowest BCUT2D eigenvalue weighted by atomic mass is 10.0. The molecule has 1 aromatic carbocycles. The number of nitrogens with zero attached hydrogens (tertiary/aromatic N) is 1. The molecule has 1 rings (SSSR count). The average Bonchev–Trinajstić information content (AvgIpc) is 2.70. The van der Waals surface area contributed by atoms with Crippen LogP contribution in [0.25, 0.3) is 6.08 Å². The molecule has 0 atom stereocenters. The number of benzene rings is 1. The third kappa shape index (κ3) is 10.4. The van der Waals surface area contributed by atoms with Crippen LogP contribution in [-0.2, 0) is 4.79 Å². The smallest absolute Gasteiger partial charge is 0.211 e. The largest absolute Gasteiger partial charge is 0.508 e. The predicted octanol–water partition coefficient (Wildman–Crippen LogP) is 5.80. The Morgan fingerprint density at radius 3 is 2.69 bits per heavy atom. The Kier molecular flexibility index (Phi) is 11.1. The molecule has 0 radical (unpaired) electrons. The van der Waals surface area contributed by atoms with Crippen molar-refractivity contribution in [1.82, 2.24) is 5.32 Å². The highest BCUT2D eigenvalue weighted by molar-refractivity contribution is 5.57. The van der Waals surface area contributed by atoms with Crippen LogP contribution in [0.3, 0.4) is 0 Å². The summed E-state index contributed by atoms with van der Waals surface area (Å²) >= 11 is 0. The van der Waals surface area contributed by atoms with E-state index in [9.17, 15) is 14.3 Å². The molecule has 0 fully saturated rings. The van der Waals surface area contributed by atoms with Crippen molar-refractivity contribution >= 4 is 18.7 Å². The summed E-state index contributed by atoms with van der Waals surface area (Å²) in [7, 11) is 0. The second kappa shape index (κ2) is 13.7. The minimum absolute atomic E-state index is 0.101. The molecular formula is C24H27FN2O2. The zero-order valence-electron chi connectivity index (χ0n) is 16.8. The van der Waals surface area contributed by atoms with Crippen LogP contribution < -0.4 is 5.32 Å². The summed E-state index contributed by atoms with van der Waals surface area (Å²) in [5.41, 5.74) is 2.92. The van der Waals surface area contributed by atoms with Crippen LogP contribution in [0.15, 0.2) is 95.0 Å². The van der Waals surface area contributed by atoms with E-state index in [4.69, 9.17) is 0 Å². The van der Waals surface area contributed by atoms with Crippen molar-refractivity contribution in [1.29, 1.82) is 0 Å². The lowest BCUT2D eigenvalue weighted by Crippen LogP contribution is -2.01. The van der Waals surface area contributed by atoms with Gasteiger partial charge in [-0.3, -0.25) is 9.79 Å². The lowest BCUT2D eigenvalue weighted by Gasteiger charge is -2.05. The molecule has 0 unspecified atom stereocenters. The monoisotopic (exact) mass is 394 g/mol. The fraction of sp³-hybridized carbons (Fsp3) is 0.167. The van der Waals surface area contributed by atoms with Crippen molar-refractivity contribution in [3.8, 4) is 0 Å². The van der Waals surface area contributed by atoms with E-state index in [1.165, 1.54) is 12.1 Å². The molecule has 0 spiro atoms. The highest BCUT2D eigenvalue weighted by atomic mass is 19.1. The number of nitrogens with one attached hydrogen (secondary N) is 1. The van der Waals surface area contributed by atoms with Gasteiger partial charge in [0.2, 0.25) is 6.41 Å². The maximum atomic E-state index is 13.0. The van der Waals surface area contributed by atoms with Gasteiger partial charge in [-0.05, 0) is 66.3 Å². The number of aliphatic hydroxyl groups is 1.